The van der Waals surface area contributed by atoms with Gasteiger partial charge in [-0.25, -0.2) is 0 Å². The van der Waals surface area contributed by atoms with Crippen molar-refractivity contribution >= 4 is 0 Å². The van der Waals surface area contributed by atoms with Gasteiger partial charge in [0.25, 0.3) is 0 Å². The second kappa shape index (κ2) is 6.92. The molecule has 0 saturated carbocycles. The van der Waals surface area contributed by atoms with Gasteiger partial charge in [-0.1, -0.05) is 19.1 Å². The van der Waals surface area contributed by atoms with Crippen LogP contribution in [0, 0.1) is 0 Å². The minimum Gasteiger partial charge on any atom is -0.497 e. The van der Waals surface area contributed by atoms with Crippen LogP contribution in [-0.4, -0.2) is 43.7 Å². The van der Waals surface area contributed by atoms with Crippen molar-refractivity contribution in [1.29, 1.82) is 0 Å². The van der Waals surface area contributed by atoms with E-state index >= 15 is 0 Å². The van der Waals surface area contributed by atoms with Gasteiger partial charge in [0.15, 0.2) is 0 Å². The highest BCUT2D eigenvalue weighted by Crippen LogP contribution is 2.17. The predicted molar refractivity (Wildman–Crippen MR) is 79.8 cm³/mol. The van der Waals surface area contributed by atoms with Gasteiger partial charge in [0, 0.05) is 25.2 Å². The molecule has 1 aliphatic rings. The standard InChI is InChI=1S/C16H26N2O/c1-4-9-18(15-11-17-12-15)13(2)10-14-5-7-16(19-3)8-6-14/h5-8,13,15,17H,4,9-12H2,1-3H3. The zero-order valence-corrected chi connectivity index (χ0v) is 12.4. The molecule has 2 rings (SSSR count). The Morgan fingerprint density at radius 2 is 2.00 bits per heavy atom. The van der Waals surface area contributed by atoms with Crippen LogP contribution in [0.3, 0.4) is 0 Å². The molecule has 1 fully saturated rings. The van der Waals surface area contributed by atoms with Gasteiger partial charge in [-0.15, -0.1) is 0 Å². The van der Waals surface area contributed by atoms with Crippen LogP contribution in [0.4, 0.5) is 0 Å². The van der Waals surface area contributed by atoms with E-state index in [0.717, 1.165) is 31.3 Å². The normalized spacial score (nSPS) is 17.3. The van der Waals surface area contributed by atoms with Crippen LogP contribution in [0.2, 0.25) is 0 Å². The number of nitrogens with one attached hydrogen (secondary N) is 1. The highest BCUT2D eigenvalue weighted by Gasteiger charge is 2.27. The number of rotatable bonds is 7. The summed E-state index contributed by atoms with van der Waals surface area (Å²) in [7, 11) is 1.71. The maximum Gasteiger partial charge on any atom is 0.118 e. The molecule has 1 N–H and O–H groups in total. The second-order valence-electron chi connectivity index (χ2n) is 5.45. The maximum absolute atomic E-state index is 5.21. The number of ether oxygens (including phenoxy) is 1. The lowest BCUT2D eigenvalue weighted by Crippen LogP contribution is -2.59. The molecule has 1 heterocycles. The van der Waals surface area contributed by atoms with Gasteiger partial charge >= 0.3 is 0 Å². The zero-order valence-electron chi connectivity index (χ0n) is 12.4. The molecule has 0 spiro atoms. The van der Waals surface area contributed by atoms with Gasteiger partial charge in [0.1, 0.15) is 5.75 Å². The first-order valence-corrected chi connectivity index (χ1v) is 7.34. The van der Waals surface area contributed by atoms with Gasteiger partial charge in [-0.3, -0.25) is 4.90 Å². The Bertz CT molecular complexity index is 373. The SMILES string of the molecule is CCCN(C(C)Cc1ccc(OC)cc1)C1CNC1. The Balaban J connectivity index is 1.94. The van der Waals surface area contributed by atoms with Crippen molar-refractivity contribution in [3.05, 3.63) is 29.8 Å². The third-order valence-electron chi connectivity index (χ3n) is 3.97. The molecule has 0 aliphatic carbocycles. The molecular weight excluding hydrogens is 236 g/mol. The molecule has 1 aromatic rings. The molecule has 0 bridgehead atoms. The third-order valence-corrected chi connectivity index (χ3v) is 3.97. The average Bonchev–Trinajstić information content (AvgIpc) is 2.37. The van der Waals surface area contributed by atoms with E-state index < -0.39 is 0 Å². The van der Waals surface area contributed by atoms with Gasteiger partial charge in [-0.2, -0.15) is 0 Å². The summed E-state index contributed by atoms with van der Waals surface area (Å²) >= 11 is 0. The summed E-state index contributed by atoms with van der Waals surface area (Å²) in [6.07, 6.45) is 2.34. The van der Waals surface area contributed by atoms with Crippen molar-refractivity contribution in [2.75, 3.05) is 26.7 Å². The molecule has 19 heavy (non-hydrogen) atoms. The van der Waals surface area contributed by atoms with E-state index in [1.165, 1.54) is 18.5 Å². The molecule has 3 heteroatoms. The van der Waals surface area contributed by atoms with Gasteiger partial charge < -0.3 is 10.1 Å². The Kier molecular flexibility index (Phi) is 5.23. The minimum atomic E-state index is 0.598. The molecule has 1 aromatic carbocycles. The monoisotopic (exact) mass is 262 g/mol. The van der Waals surface area contributed by atoms with E-state index in [-0.39, 0.29) is 0 Å². The Labute approximate surface area is 116 Å². The van der Waals surface area contributed by atoms with Crippen molar-refractivity contribution in [3.63, 3.8) is 0 Å². The van der Waals surface area contributed by atoms with E-state index in [2.05, 4.69) is 48.3 Å². The average molecular weight is 262 g/mol. The minimum absolute atomic E-state index is 0.598. The predicted octanol–water partition coefficient (Wildman–Crippen LogP) is 2.31. The topological polar surface area (TPSA) is 24.5 Å². The van der Waals surface area contributed by atoms with Gasteiger partial charge in [0.2, 0.25) is 0 Å². The number of methoxy groups -OCH3 is 1. The molecule has 0 radical (unpaired) electrons. The highest BCUT2D eigenvalue weighted by molar-refractivity contribution is 5.27. The smallest absolute Gasteiger partial charge is 0.118 e. The summed E-state index contributed by atoms with van der Waals surface area (Å²) in [6.45, 7) is 8.10. The summed E-state index contributed by atoms with van der Waals surface area (Å²) in [5.74, 6) is 0.935. The van der Waals surface area contributed by atoms with Crippen molar-refractivity contribution in [2.45, 2.75) is 38.8 Å². The second-order valence-corrected chi connectivity index (χ2v) is 5.45. The Hall–Kier alpha value is -1.06. The summed E-state index contributed by atoms with van der Waals surface area (Å²) < 4.78 is 5.21. The molecular formula is C16H26N2O. The first-order valence-electron chi connectivity index (χ1n) is 7.34. The summed E-state index contributed by atoms with van der Waals surface area (Å²) in [4.78, 5) is 2.65. The lowest BCUT2D eigenvalue weighted by molar-refractivity contribution is 0.103. The van der Waals surface area contributed by atoms with Gasteiger partial charge in [0.05, 0.1) is 7.11 Å². The van der Waals surface area contributed by atoms with Crippen LogP contribution in [-0.2, 0) is 6.42 Å². The van der Waals surface area contributed by atoms with Crippen LogP contribution < -0.4 is 10.1 Å². The van der Waals surface area contributed by atoms with Crippen molar-refractivity contribution < 1.29 is 4.74 Å². The van der Waals surface area contributed by atoms with Crippen LogP contribution in [0.15, 0.2) is 24.3 Å². The third kappa shape index (κ3) is 3.71. The van der Waals surface area contributed by atoms with E-state index in [9.17, 15) is 0 Å². The molecule has 3 nitrogen and oxygen atoms in total. The first kappa shape index (κ1) is 14.4. The molecule has 1 aliphatic heterocycles. The molecule has 106 valence electrons. The summed E-state index contributed by atoms with van der Waals surface area (Å²) in [6, 6.07) is 9.79. The fourth-order valence-electron chi connectivity index (χ4n) is 2.75. The van der Waals surface area contributed by atoms with E-state index in [1.54, 1.807) is 7.11 Å². The molecule has 0 amide bonds. The summed E-state index contributed by atoms with van der Waals surface area (Å²) in [5.41, 5.74) is 1.39. The largest absolute Gasteiger partial charge is 0.497 e. The van der Waals surface area contributed by atoms with E-state index in [4.69, 9.17) is 4.74 Å². The molecule has 1 atom stereocenters. The first-order chi connectivity index (χ1) is 9.24. The Morgan fingerprint density at radius 3 is 2.47 bits per heavy atom. The summed E-state index contributed by atoms with van der Waals surface area (Å²) in [5, 5.41) is 3.38. The van der Waals surface area contributed by atoms with Gasteiger partial charge in [-0.05, 0) is 44.0 Å². The molecule has 1 unspecified atom stereocenters. The lowest BCUT2D eigenvalue weighted by atomic mass is 10.0. The fourth-order valence-corrected chi connectivity index (χ4v) is 2.75. The zero-order chi connectivity index (χ0) is 13.7. The Morgan fingerprint density at radius 1 is 1.32 bits per heavy atom. The molecule has 1 saturated heterocycles. The van der Waals surface area contributed by atoms with E-state index in [0.29, 0.717) is 6.04 Å². The van der Waals surface area contributed by atoms with E-state index in [1.807, 2.05) is 0 Å². The number of hydrogen-bond donors (Lipinski definition) is 1. The number of hydrogen-bond acceptors (Lipinski definition) is 3. The quantitative estimate of drug-likeness (QED) is 0.816. The van der Waals surface area contributed by atoms with Crippen molar-refractivity contribution in [2.24, 2.45) is 0 Å². The van der Waals surface area contributed by atoms with Crippen LogP contribution in [0.5, 0.6) is 5.75 Å². The van der Waals surface area contributed by atoms with Crippen LogP contribution in [0.1, 0.15) is 25.8 Å². The van der Waals surface area contributed by atoms with Crippen LogP contribution in [0.25, 0.3) is 0 Å². The van der Waals surface area contributed by atoms with Crippen LogP contribution >= 0.6 is 0 Å². The molecule has 0 aromatic heterocycles. The number of benzene rings is 1. The lowest BCUT2D eigenvalue weighted by Gasteiger charge is -2.42. The maximum atomic E-state index is 5.21. The van der Waals surface area contributed by atoms with Crippen molar-refractivity contribution in [3.8, 4) is 5.75 Å². The highest BCUT2D eigenvalue weighted by atomic mass is 16.5. The number of nitrogens with zero attached hydrogens (tertiary/aromatic N) is 1. The van der Waals surface area contributed by atoms with Crippen molar-refractivity contribution in [1.82, 2.24) is 10.2 Å². The fraction of sp³-hybridized carbons (Fsp3) is 0.625.